The third-order valence-electron chi connectivity index (χ3n) is 2.04. The summed E-state index contributed by atoms with van der Waals surface area (Å²) in [6.07, 6.45) is -0.640. The first kappa shape index (κ1) is 16.7. The van der Waals surface area contributed by atoms with Gasteiger partial charge in [0.15, 0.2) is 0 Å². The first-order valence-electron chi connectivity index (χ1n) is 5.75. The van der Waals surface area contributed by atoms with E-state index in [0.717, 1.165) is 0 Å². The summed E-state index contributed by atoms with van der Waals surface area (Å²) < 4.78 is 27.0. The van der Waals surface area contributed by atoms with E-state index in [0.29, 0.717) is 11.3 Å². The van der Waals surface area contributed by atoms with Gasteiger partial charge >= 0.3 is 6.09 Å². The molecule has 0 bridgehead atoms. The molecule has 8 heteroatoms. The summed E-state index contributed by atoms with van der Waals surface area (Å²) in [7, 11) is -3.62. The van der Waals surface area contributed by atoms with Crippen molar-refractivity contribution in [2.75, 3.05) is 5.32 Å². The Morgan fingerprint density at radius 1 is 1.40 bits per heavy atom. The standard InChI is InChI=1S/C12H17ClN2O4S/c1-12(2,3)19-11(16)15-10-5-4-8(6-9(10)13)7-20(14,17)18/h4-6H,7H2,1-3H3,(H,15,16)(H2,14,17,18). The monoisotopic (exact) mass is 320 g/mol. The van der Waals surface area contributed by atoms with E-state index in [-0.39, 0.29) is 10.8 Å². The van der Waals surface area contributed by atoms with Crippen molar-refractivity contribution in [1.82, 2.24) is 0 Å². The Morgan fingerprint density at radius 2 is 2.00 bits per heavy atom. The van der Waals surface area contributed by atoms with Crippen LogP contribution in [-0.4, -0.2) is 20.1 Å². The topological polar surface area (TPSA) is 98.5 Å². The minimum atomic E-state index is -3.62. The van der Waals surface area contributed by atoms with Crippen LogP contribution in [0.3, 0.4) is 0 Å². The molecule has 0 spiro atoms. The van der Waals surface area contributed by atoms with Crippen LogP contribution in [0.25, 0.3) is 0 Å². The lowest BCUT2D eigenvalue weighted by atomic mass is 10.2. The molecule has 1 aromatic carbocycles. The molecular formula is C12H17ClN2O4S. The number of hydrogen-bond donors (Lipinski definition) is 2. The zero-order valence-electron chi connectivity index (χ0n) is 11.4. The average Bonchev–Trinajstić information content (AvgIpc) is 2.17. The number of amides is 1. The predicted octanol–water partition coefficient (Wildman–Crippen LogP) is 2.48. The smallest absolute Gasteiger partial charge is 0.412 e. The minimum absolute atomic E-state index is 0.206. The molecule has 6 nitrogen and oxygen atoms in total. The highest BCUT2D eigenvalue weighted by molar-refractivity contribution is 7.88. The number of sulfonamides is 1. The van der Waals surface area contributed by atoms with Crippen LogP contribution in [0.15, 0.2) is 18.2 Å². The van der Waals surface area contributed by atoms with Crippen LogP contribution < -0.4 is 10.5 Å². The lowest BCUT2D eigenvalue weighted by Gasteiger charge is -2.20. The maximum atomic E-state index is 11.6. The lowest BCUT2D eigenvalue weighted by molar-refractivity contribution is 0.0636. The molecule has 0 heterocycles. The van der Waals surface area contributed by atoms with Gasteiger partial charge in [0.1, 0.15) is 5.60 Å². The van der Waals surface area contributed by atoms with E-state index in [1.807, 2.05) is 0 Å². The van der Waals surface area contributed by atoms with Gasteiger partial charge in [0.2, 0.25) is 10.0 Å². The highest BCUT2D eigenvalue weighted by Crippen LogP contribution is 2.24. The fourth-order valence-electron chi connectivity index (χ4n) is 1.40. The second kappa shape index (κ2) is 5.99. The molecule has 0 aromatic heterocycles. The molecule has 0 atom stereocenters. The third-order valence-corrected chi connectivity index (χ3v) is 3.09. The number of ether oxygens (including phenoxy) is 1. The summed E-state index contributed by atoms with van der Waals surface area (Å²) in [5, 5.41) is 7.63. The number of halogens is 1. The van der Waals surface area contributed by atoms with Crippen molar-refractivity contribution < 1.29 is 17.9 Å². The van der Waals surface area contributed by atoms with Crippen LogP contribution in [-0.2, 0) is 20.5 Å². The molecule has 20 heavy (non-hydrogen) atoms. The van der Waals surface area contributed by atoms with Crippen LogP contribution in [0.4, 0.5) is 10.5 Å². The molecule has 112 valence electrons. The molecule has 0 saturated heterocycles. The van der Waals surface area contributed by atoms with Crippen molar-refractivity contribution in [2.45, 2.75) is 32.1 Å². The molecule has 1 amide bonds. The fourth-order valence-corrected chi connectivity index (χ4v) is 2.29. The number of nitrogens with one attached hydrogen (secondary N) is 1. The first-order valence-corrected chi connectivity index (χ1v) is 7.84. The van der Waals surface area contributed by atoms with E-state index in [4.69, 9.17) is 21.5 Å². The van der Waals surface area contributed by atoms with Gasteiger partial charge in [0, 0.05) is 0 Å². The molecule has 0 aliphatic carbocycles. The highest BCUT2D eigenvalue weighted by atomic mass is 35.5. The zero-order valence-corrected chi connectivity index (χ0v) is 13.0. The Morgan fingerprint density at radius 3 is 2.45 bits per heavy atom. The van der Waals surface area contributed by atoms with Crippen LogP contribution >= 0.6 is 11.6 Å². The summed E-state index contributed by atoms with van der Waals surface area (Å²) in [5.41, 5.74) is 0.149. The second-order valence-corrected chi connectivity index (χ2v) is 7.27. The number of rotatable bonds is 3. The third kappa shape index (κ3) is 6.23. The molecule has 0 aliphatic heterocycles. The number of primary sulfonamides is 1. The molecule has 3 N–H and O–H groups in total. The van der Waals surface area contributed by atoms with Crippen LogP contribution in [0, 0.1) is 0 Å². The quantitative estimate of drug-likeness (QED) is 0.893. The van der Waals surface area contributed by atoms with Crippen molar-refractivity contribution in [2.24, 2.45) is 5.14 Å². The second-order valence-electron chi connectivity index (χ2n) is 5.25. The van der Waals surface area contributed by atoms with Crippen molar-refractivity contribution >= 4 is 33.4 Å². The predicted molar refractivity (Wildman–Crippen MR) is 78.1 cm³/mol. The molecule has 0 radical (unpaired) electrons. The molecule has 0 unspecified atom stereocenters. The van der Waals surface area contributed by atoms with Gasteiger partial charge in [-0.1, -0.05) is 17.7 Å². The Hall–Kier alpha value is -1.31. The van der Waals surface area contributed by atoms with E-state index in [1.165, 1.54) is 18.2 Å². The number of carbonyl (C=O) groups excluding carboxylic acids is 1. The van der Waals surface area contributed by atoms with Crippen LogP contribution in [0.5, 0.6) is 0 Å². The van der Waals surface area contributed by atoms with E-state index in [2.05, 4.69) is 5.32 Å². The van der Waals surface area contributed by atoms with Crippen molar-refractivity contribution in [3.8, 4) is 0 Å². The largest absolute Gasteiger partial charge is 0.444 e. The normalized spacial score (nSPS) is 12.1. The minimum Gasteiger partial charge on any atom is -0.444 e. The Labute approximate surface area is 123 Å². The maximum Gasteiger partial charge on any atom is 0.412 e. The first-order chi connectivity index (χ1) is 8.96. The summed E-state index contributed by atoms with van der Waals surface area (Å²) in [5.74, 6) is -0.320. The van der Waals surface area contributed by atoms with E-state index in [1.54, 1.807) is 20.8 Å². The van der Waals surface area contributed by atoms with Crippen molar-refractivity contribution in [1.29, 1.82) is 0 Å². The molecular weight excluding hydrogens is 304 g/mol. The van der Waals surface area contributed by atoms with Gasteiger partial charge in [-0.15, -0.1) is 0 Å². The number of anilines is 1. The van der Waals surface area contributed by atoms with Gasteiger partial charge in [-0.3, -0.25) is 5.32 Å². The SMILES string of the molecule is CC(C)(C)OC(=O)Nc1ccc(CS(N)(=O)=O)cc1Cl. The van der Waals surface area contributed by atoms with Gasteiger partial charge in [-0.25, -0.2) is 18.4 Å². The molecule has 1 rings (SSSR count). The van der Waals surface area contributed by atoms with E-state index >= 15 is 0 Å². The molecule has 0 aliphatic rings. The van der Waals surface area contributed by atoms with Crippen molar-refractivity contribution in [3.05, 3.63) is 28.8 Å². The van der Waals surface area contributed by atoms with Crippen LogP contribution in [0.2, 0.25) is 5.02 Å². The average molecular weight is 321 g/mol. The number of carbonyl (C=O) groups is 1. The van der Waals surface area contributed by atoms with Gasteiger partial charge in [0.25, 0.3) is 0 Å². The zero-order chi connectivity index (χ0) is 15.6. The Bertz CT molecular complexity index is 608. The summed E-state index contributed by atoms with van der Waals surface area (Å²) in [6, 6.07) is 4.44. The van der Waals surface area contributed by atoms with Crippen molar-refractivity contribution in [3.63, 3.8) is 0 Å². The lowest BCUT2D eigenvalue weighted by Crippen LogP contribution is -2.27. The molecule has 1 aromatic rings. The van der Waals surface area contributed by atoms with E-state index < -0.39 is 21.7 Å². The van der Waals surface area contributed by atoms with Crippen LogP contribution in [0.1, 0.15) is 26.3 Å². The maximum absolute atomic E-state index is 11.6. The number of hydrogen-bond acceptors (Lipinski definition) is 4. The van der Waals surface area contributed by atoms with Gasteiger partial charge in [0.05, 0.1) is 16.5 Å². The molecule has 0 fully saturated rings. The Balaban J connectivity index is 2.81. The summed E-state index contributed by atoms with van der Waals surface area (Å²) in [4.78, 5) is 11.6. The van der Waals surface area contributed by atoms with Gasteiger partial charge in [-0.05, 0) is 38.5 Å². The molecule has 0 saturated carbocycles. The summed E-state index contributed by atoms with van der Waals surface area (Å²) in [6.45, 7) is 5.22. The van der Waals surface area contributed by atoms with E-state index in [9.17, 15) is 13.2 Å². The Kier molecular flexibility index (Phi) is 5.01. The van der Waals surface area contributed by atoms with Gasteiger partial charge in [-0.2, -0.15) is 0 Å². The summed E-state index contributed by atoms with van der Waals surface area (Å²) >= 11 is 5.97. The van der Waals surface area contributed by atoms with Gasteiger partial charge < -0.3 is 4.74 Å². The fraction of sp³-hybridized carbons (Fsp3) is 0.417. The number of benzene rings is 1. The number of nitrogens with two attached hydrogens (primary N) is 1. The highest BCUT2D eigenvalue weighted by Gasteiger charge is 2.17.